The Hall–Kier alpha value is -1.16. The molecule has 0 spiro atoms. The largest absolute Gasteiger partial charge is 0.478 e. The number of thiazole rings is 1. The van der Waals surface area contributed by atoms with E-state index in [1.54, 1.807) is 17.4 Å². The van der Waals surface area contributed by atoms with Gasteiger partial charge in [0.2, 0.25) is 0 Å². The van der Waals surface area contributed by atoms with Gasteiger partial charge in [-0.25, -0.2) is 9.78 Å². The zero-order valence-corrected chi connectivity index (χ0v) is 10.7. The number of aromatic nitrogens is 1. The monoisotopic (exact) mass is 239 g/mol. The molecular weight excluding hydrogens is 222 g/mol. The minimum Gasteiger partial charge on any atom is -0.478 e. The van der Waals surface area contributed by atoms with Crippen molar-refractivity contribution in [2.24, 2.45) is 5.92 Å². The molecule has 1 heterocycles. The third kappa shape index (κ3) is 3.77. The lowest BCUT2D eigenvalue weighted by Crippen LogP contribution is -1.93. The highest BCUT2D eigenvalue weighted by Gasteiger charge is 2.08. The average Bonchev–Trinajstić information content (AvgIpc) is 2.56. The first kappa shape index (κ1) is 12.9. The molecule has 3 nitrogen and oxygen atoms in total. The summed E-state index contributed by atoms with van der Waals surface area (Å²) in [5.74, 6) is -0.340. The van der Waals surface area contributed by atoms with Crippen LogP contribution in [0.5, 0.6) is 0 Å². The highest BCUT2D eigenvalue weighted by Crippen LogP contribution is 2.23. The van der Waals surface area contributed by atoms with Gasteiger partial charge in [-0.05, 0) is 18.4 Å². The fourth-order valence-electron chi connectivity index (χ4n) is 1.38. The quantitative estimate of drug-likeness (QED) is 0.804. The molecule has 4 heteroatoms. The summed E-state index contributed by atoms with van der Waals surface area (Å²) in [6, 6.07) is 0. The van der Waals surface area contributed by atoms with Gasteiger partial charge in [0.25, 0.3) is 0 Å². The van der Waals surface area contributed by atoms with Crippen LogP contribution in [-0.2, 0) is 17.6 Å². The predicted octanol–water partition coefficient (Wildman–Crippen LogP) is 3.00. The lowest BCUT2D eigenvalue weighted by atomic mass is 10.1. The highest BCUT2D eigenvalue weighted by atomic mass is 32.1. The molecule has 0 aliphatic heterocycles. The van der Waals surface area contributed by atoms with Crippen LogP contribution in [0.2, 0.25) is 0 Å². The number of carbonyl (C=O) groups is 1. The van der Waals surface area contributed by atoms with Gasteiger partial charge in [0.15, 0.2) is 0 Å². The van der Waals surface area contributed by atoms with Crippen molar-refractivity contribution in [2.75, 3.05) is 0 Å². The summed E-state index contributed by atoms with van der Waals surface area (Å²) in [5, 5.41) is 9.68. The van der Waals surface area contributed by atoms with Crippen molar-refractivity contribution in [2.45, 2.75) is 33.6 Å². The lowest BCUT2D eigenvalue weighted by molar-refractivity contribution is -0.131. The third-order valence-electron chi connectivity index (χ3n) is 2.07. The number of carboxylic acids is 1. The van der Waals surface area contributed by atoms with Crippen molar-refractivity contribution in [3.63, 3.8) is 0 Å². The maximum Gasteiger partial charge on any atom is 0.328 e. The van der Waals surface area contributed by atoms with E-state index in [0.717, 1.165) is 28.4 Å². The molecule has 0 saturated heterocycles. The highest BCUT2D eigenvalue weighted by molar-refractivity contribution is 7.12. The van der Waals surface area contributed by atoms with Gasteiger partial charge in [-0.1, -0.05) is 20.8 Å². The van der Waals surface area contributed by atoms with Crippen molar-refractivity contribution in [3.8, 4) is 0 Å². The van der Waals surface area contributed by atoms with E-state index >= 15 is 0 Å². The number of aliphatic carboxylic acids is 1. The van der Waals surface area contributed by atoms with Crippen LogP contribution in [0.3, 0.4) is 0 Å². The molecule has 0 atom stereocenters. The maximum absolute atomic E-state index is 10.5. The molecule has 0 radical (unpaired) electrons. The molecule has 0 aliphatic carbocycles. The molecule has 0 saturated carbocycles. The Morgan fingerprint density at radius 3 is 2.75 bits per heavy atom. The fourth-order valence-corrected chi connectivity index (χ4v) is 2.65. The zero-order chi connectivity index (χ0) is 12.1. The van der Waals surface area contributed by atoms with Crippen molar-refractivity contribution >= 4 is 23.4 Å². The minimum absolute atomic E-state index is 0.576. The van der Waals surface area contributed by atoms with Crippen molar-refractivity contribution < 1.29 is 9.90 Å². The van der Waals surface area contributed by atoms with Crippen molar-refractivity contribution in [1.82, 2.24) is 4.98 Å². The first-order valence-corrected chi connectivity index (χ1v) is 6.24. The molecule has 88 valence electrons. The zero-order valence-electron chi connectivity index (χ0n) is 9.86. The van der Waals surface area contributed by atoms with Gasteiger partial charge in [-0.3, -0.25) is 0 Å². The molecule has 0 unspecified atom stereocenters. The van der Waals surface area contributed by atoms with Gasteiger partial charge in [-0.15, -0.1) is 11.3 Å². The van der Waals surface area contributed by atoms with E-state index in [4.69, 9.17) is 5.11 Å². The molecule has 0 fully saturated rings. The van der Waals surface area contributed by atoms with E-state index in [2.05, 4.69) is 18.8 Å². The molecule has 16 heavy (non-hydrogen) atoms. The molecule has 0 aliphatic rings. The second-order valence-corrected chi connectivity index (χ2v) is 5.16. The minimum atomic E-state index is -0.916. The van der Waals surface area contributed by atoms with E-state index in [9.17, 15) is 4.79 Å². The summed E-state index contributed by atoms with van der Waals surface area (Å²) in [7, 11) is 0. The Kier molecular flexibility index (Phi) is 4.68. The van der Waals surface area contributed by atoms with E-state index in [0.29, 0.717) is 5.92 Å². The summed E-state index contributed by atoms with van der Waals surface area (Å²) in [6.45, 7) is 6.34. The first-order valence-electron chi connectivity index (χ1n) is 5.42. The Bertz CT molecular complexity index is 394. The topological polar surface area (TPSA) is 50.2 Å². The summed E-state index contributed by atoms with van der Waals surface area (Å²) >= 11 is 1.59. The fraction of sp³-hybridized carbons (Fsp3) is 0.500. The van der Waals surface area contributed by atoms with E-state index in [1.807, 2.05) is 6.92 Å². The van der Waals surface area contributed by atoms with Gasteiger partial charge in [-0.2, -0.15) is 0 Å². The van der Waals surface area contributed by atoms with Crippen LogP contribution in [0, 0.1) is 5.92 Å². The molecular formula is C12H17NO2S. The Labute approximate surface area is 99.8 Å². The second-order valence-electron chi connectivity index (χ2n) is 4.04. The van der Waals surface area contributed by atoms with Crippen LogP contribution >= 0.6 is 11.3 Å². The lowest BCUT2D eigenvalue weighted by Gasteiger charge is -1.98. The SMILES string of the molecule is CCc1nc(CC(C)C)sc1/C=C/C(=O)O. The van der Waals surface area contributed by atoms with Gasteiger partial charge in [0.05, 0.1) is 15.6 Å². The van der Waals surface area contributed by atoms with Crippen LogP contribution < -0.4 is 0 Å². The third-order valence-corrected chi connectivity index (χ3v) is 3.15. The van der Waals surface area contributed by atoms with Gasteiger partial charge in [0, 0.05) is 12.5 Å². The Morgan fingerprint density at radius 2 is 2.25 bits per heavy atom. The predicted molar refractivity (Wildman–Crippen MR) is 66.7 cm³/mol. The molecule has 1 rings (SSSR count). The molecule has 1 N–H and O–H groups in total. The van der Waals surface area contributed by atoms with Crippen molar-refractivity contribution in [1.29, 1.82) is 0 Å². The van der Waals surface area contributed by atoms with Crippen LogP contribution in [-0.4, -0.2) is 16.1 Å². The Balaban J connectivity index is 2.90. The molecule has 1 aromatic rings. The summed E-state index contributed by atoms with van der Waals surface area (Å²) in [5.41, 5.74) is 0.998. The summed E-state index contributed by atoms with van der Waals surface area (Å²) in [6.07, 6.45) is 4.61. The Morgan fingerprint density at radius 1 is 1.56 bits per heavy atom. The van der Waals surface area contributed by atoms with Crippen molar-refractivity contribution in [3.05, 3.63) is 21.7 Å². The van der Waals surface area contributed by atoms with E-state index < -0.39 is 5.97 Å². The van der Waals surface area contributed by atoms with Crippen LogP contribution in [0.1, 0.15) is 36.3 Å². The molecule has 1 aromatic heterocycles. The maximum atomic E-state index is 10.5. The normalized spacial score (nSPS) is 11.5. The summed E-state index contributed by atoms with van der Waals surface area (Å²) < 4.78 is 0. The second kappa shape index (κ2) is 5.80. The number of nitrogens with zero attached hydrogens (tertiary/aromatic N) is 1. The number of rotatable bonds is 5. The molecule has 0 amide bonds. The molecule has 0 aromatic carbocycles. The van der Waals surface area contributed by atoms with E-state index in [1.165, 1.54) is 6.08 Å². The van der Waals surface area contributed by atoms with E-state index in [-0.39, 0.29) is 0 Å². The first-order chi connectivity index (χ1) is 7.52. The number of carboxylic acid groups (broad SMARTS) is 1. The number of hydrogen-bond donors (Lipinski definition) is 1. The van der Waals surface area contributed by atoms with Crippen LogP contribution in [0.4, 0.5) is 0 Å². The van der Waals surface area contributed by atoms with Gasteiger partial charge >= 0.3 is 5.97 Å². The smallest absolute Gasteiger partial charge is 0.328 e. The van der Waals surface area contributed by atoms with Gasteiger partial charge < -0.3 is 5.11 Å². The summed E-state index contributed by atoms with van der Waals surface area (Å²) in [4.78, 5) is 15.9. The average molecular weight is 239 g/mol. The number of aryl methyl sites for hydroxylation is 1. The van der Waals surface area contributed by atoms with Crippen LogP contribution in [0.15, 0.2) is 6.08 Å². The standard InChI is InChI=1S/C12H17NO2S/c1-4-9-10(5-6-12(14)15)16-11(13-9)7-8(2)3/h5-6,8H,4,7H2,1-3H3,(H,14,15)/b6-5+. The molecule has 0 bridgehead atoms. The van der Waals surface area contributed by atoms with Crippen LogP contribution in [0.25, 0.3) is 6.08 Å². The van der Waals surface area contributed by atoms with Gasteiger partial charge in [0.1, 0.15) is 0 Å². The number of hydrogen-bond acceptors (Lipinski definition) is 3.